The third-order valence-corrected chi connectivity index (χ3v) is 4.73. The number of nitrogens with zero attached hydrogens (tertiary/aromatic N) is 1. The van der Waals surface area contributed by atoms with Crippen LogP contribution >= 0.6 is 23.1 Å². The smallest absolute Gasteiger partial charge is 0.150 e. The van der Waals surface area contributed by atoms with Gasteiger partial charge in [-0.3, -0.25) is 4.79 Å². The zero-order valence-corrected chi connectivity index (χ0v) is 11.4. The van der Waals surface area contributed by atoms with E-state index in [0.29, 0.717) is 0 Å². The number of benzene rings is 1. The number of hydrogen-bond acceptors (Lipinski definition) is 4. The molecule has 2 nitrogen and oxygen atoms in total. The lowest BCUT2D eigenvalue weighted by atomic mass is 10.2. The van der Waals surface area contributed by atoms with Crippen molar-refractivity contribution >= 4 is 29.4 Å². The Labute approximate surface area is 109 Å². The van der Waals surface area contributed by atoms with Crippen LogP contribution in [0.5, 0.6) is 0 Å². The molecule has 0 bridgehead atoms. The van der Waals surface area contributed by atoms with E-state index in [9.17, 15) is 4.79 Å². The number of aromatic nitrogens is 1. The molecule has 4 heteroatoms. The monoisotopic (exact) mass is 263 g/mol. The zero-order chi connectivity index (χ0) is 12.3. The van der Waals surface area contributed by atoms with Gasteiger partial charge in [0.25, 0.3) is 0 Å². The molecule has 0 aliphatic heterocycles. The minimum Gasteiger partial charge on any atom is -0.298 e. The van der Waals surface area contributed by atoms with Gasteiger partial charge in [-0.15, -0.1) is 23.1 Å². The Morgan fingerprint density at radius 2 is 2.00 bits per heavy atom. The SMILES string of the molecule is Cc1nc(CSc2ccc(C=O)cc2)sc1C. The van der Waals surface area contributed by atoms with Crippen molar-refractivity contribution in [3.63, 3.8) is 0 Å². The van der Waals surface area contributed by atoms with Crippen LogP contribution in [-0.2, 0) is 5.75 Å². The Morgan fingerprint density at radius 3 is 2.53 bits per heavy atom. The first-order valence-electron chi connectivity index (χ1n) is 5.30. The Bertz CT molecular complexity index is 497. The fraction of sp³-hybridized carbons (Fsp3) is 0.231. The van der Waals surface area contributed by atoms with E-state index in [4.69, 9.17) is 0 Å². The molecule has 0 unspecified atom stereocenters. The first-order valence-corrected chi connectivity index (χ1v) is 7.10. The van der Waals surface area contributed by atoms with Gasteiger partial charge in [-0.2, -0.15) is 0 Å². The highest BCUT2D eigenvalue weighted by Gasteiger charge is 2.04. The number of carbonyl (C=O) groups excluding carboxylic acids is 1. The summed E-state index contributed by atoms with van der Waals surface area (Å²) in [4.78, 5) is 17.5. The normalized spacial score (nSPS) is 10.5. The molecule has 17 heavy (non-hydrogen) atoms. The van der Waals surface area contributed by atoms with Crippen LogP contribution < -0.4 is 0 Å². The predicted octanol–water partition coefficient (Wildman–Crippen LogP) is 3.86. The number of aryl methyl sites for hydroxylation is 2. The first kappa shape index (κ1) is 12.3. The number of hydrogen-bond donors (Lipinski definition) is 0. The van der Waals surface area contributed by atoms with Crippen molar-refractivity contribution < 1.29 is 4.79 Å². The number of rotatable bonds is 4. The topological polar surface area (TPSA) is 30.0 Å². The molecule has 1 heterocycles. The van der Waals surface area contributed by atoms with Crippen molar-refractivity contribution in [2.75, 3.05) is 0 Å². The van der Waals surface area contributed by atoms with Crippen molar-refractivity contribution in [3.8, 4) is 0 Å². The van der Waals surface area contributed by atoms with Gasteiger partial charge in [0.15, 0.2) is 0 Å². The summed E-state index contributed by atoms with van der Waals surface area (Å²) in [5.41, 5.74) is 1.84. The van der Waals surface area contributed by atoms with Gasteiger partial charge in [0, 0.05) is 15.3 Å². The second-order valence-electron chi connectivity index (χ2n) is 3.72. The molecule has 88 valence electrons. The Kier molecular flexibility index (Phi) is 3.97. The fourth-order valence-corrected chi connectivity index (χ4v) is 3.21. The van der Waals surface area contributed by atoms with E-state index < -0.39 is 0 Å². The molecule has 0 spiro atoms. The van der Waals surface area contributed by atoms with E-state index in [1.165, 1.54) is 9.77 Å². The van der Waals surface area contributed by atoms with Gasteiger partial charge in [-0.25, -0.2) is 4.98 Å². The second kappa shape index (κ2) is 5.47. The van der Waals surface area contributed by atoms with Crippen molar-refractivity contribution in [2.24, 2.45) is 0 Å². The third kappa shape index (κ3) is 3.17. The molecule has 2 rings (SSSR count). The van der Waals surface area contributed by atoms with Crippen LogP contribution in [0.3, 0.4) is 0 Å². The average molecular weight is 263 g/mol. The van der Waals surface area contributed by atoms with Crippen LogP contribution in [0, 0.1) is 13.8 Å². The van der Waals surface area contributed by atoms with Crippen molar-refractivity contribution in [1.82, 2.24) is 4.98 Å². The number of thioether (sulfide) groups is 1. The number of carbonyl (C=O) groups is 1. The van der Waals surface area contributed by atoms with E-state index in [-0.39, 0.29) is 0 Å². The molecule has 0 atom stereocenters. The van der Waals surface area contributed by atoms with Gasteiger partial charge in [-0.1, -0.05) is 12.1 Å². The van der Waals surface area contributed by atoms with Crippen LogP contribution in [0.4, 0.5) is 0 Å². The maximum atomic E-state index is 10.5. The second-order valence-corrected chi connectivity index (χ2v) is 6.06. The van der Waals surface area contributed by atoms with Crippen LogP contribution in [0.2, 0.25) is 0 Å². The van der Waals surface area contributed by atoms with Gasteiger partial charge in [0.1, 0.15) is 11.3 Å². The third-order valence-electron chi connectivity index (χ3n) is 2.45. The van der Waals surface area contributed by atoms with Crippen LogP contribution in [-0.4, -0.2) is 11.3 Å². The van der Waals surface area contributed by atoms with E-state index in [1.807, 2.05) is 31.2 Å². The predicted molar refractivity (Wildman–Crippen MR) is 73.0 cm³/mol. The summed E-state index contributed by atoms with van der Waals surface area (Å²) < 4.78 is 0. The highest BCUT2D eigenvalue weighted by Crippen LogP contribution is 2.26. The van der Waals surface area contributed by atoms with Gasteiger partial charge >= 0.3 is 0 Å². The van der Waals surface area contributed by atoms with Crippen molar-refractivity contribution in [2.45, 2.75) is 24.5 Å². The summed E-state index contributed by atoms with van der Waals surface area (Å²) >= 11 is 3.50. The standard InChI is InChI=1S/C13H13NOS2/c1-9-10(2)17-13(14-9)8-16-12-5-3-11(7-15)4-6-12/h3-7H,8H2,1-2H3. The highest BCUT2D eigenvalue weighted by molar-refractivity contribution is 7.98. The molecule has 2 aromatic rings. The molecular weight excluding hydrogens is 250 g/mol. The first-order chi connectivity index (χ1) is 8.19. The molecule has 0 aliphatic rings. The molecular formula is C13H13NOS2. The lowest BCUT2D eigenvalue weighted by molar-refractivity contribution is 0.112. The Balaban J connectivity index is 1.99. The van der Waals surface area contributed by atoms with E-state index in [2.05, 4.69) is 11.9 Å². The lowest BCUT2D eigenvalue weighted by Gasteiger charge is -1.99. The summed E-state index contributed by atoms with van der Waals surface area (Å²) in [7, 11) is 0. The lowest BCUT2D eigenvalue weighted by Crippen LogP contribution is -1.81. The van der Waals surface area contributed by atoms with Crippen LogP contribution in [0.1, 0.15) is 25.9 Å². The molecule has 0 saturated heterocycles. The molecule has 0 N–H and O–H groups in total. The summed E-state index contributed by atoms with van der Waals surface area (Å²) in [6, 6.07) is 7.63. The molecule has 0 saturated carbocycles. The molecule has 1 aromatic heterocycles. The van der Waals surface area contributed by atoms with Gasteiger partial charge < -0.3 is 0 Å². The number of aldehydes is 1. The van der Waals surface area contributed by atoms with Crippen LogP contribution in [0.25, 0.3) is 0 Å². The van der Waals surface area contributed by atoms with E-state index in [1.54, 1.807) is 23.1 Å². The van der Waals surface area contributed by atoms with Crippen LogP contribution in [0.15, 0.2) is 29.2 Å². The quantitative estimate of drug-likeness (QED) is 0.619. The summed E-state index contributed by atoms with van der Waals surface area (Å²) in [6.45, 7) is 4.14. The molecule has 0 radical (unpaired) electrons. The summed E-state index contributed by atoms with van der Waals surface area (Å²) in [5, 5.41) is 1.16. The van der Waals surface area contributed by atoms with Crippen molar-refractivity contribution in [3.05, 3.63) is 45.4 Å². The van der Waals surface area contributed by atoms with Crippen molar-refractivity contribution in [1.29, 1.82) is 0 Å². The Hall–Kier alpha value is -1.13. The average Bonchev–Trinajstić information content (AvgIpc) is 2.67. The maximum absolute atomic E-state index is 10.5. The minimum atomic E-state index is 0.718. The minimum absolute atomic E-state index is 0.718. The van der Waals surface area contributed by atoms with E-state index >= 15 is 0 Å². The van der Waals surface area contributed by atoms with Gasteiger partial charge in [0.2, 0.25) is 0 Å². The molecule has 0 amide bonds. The fourth-order valence-electron chi connectivity index (χ4n) is 1.39. The largest absolute Gasteiger partial charge is 0.298 e. The molecule has 1 aromatic carbocycles. The summed E-state index contributed by atoms with van der Waals surface area (Å²) in [5.74, 6) is 0.889. The molecule has 0 aliphatic carbocycles. The maximum Gasteiger partial charge on any atom is 0.150 e. The van der Waals surface area contributed by atoms with Gasteiger partial charge in [-0.05, 0) is 26.0 Å². The van der Waals surface area contributed by atoms with Gasteiger partial charge in [0.05, 0.1) is 11.4 Å². The molecule has 0 fully saturated rings. The Morgan fingerprint density at radius 1 is 1.29 bits per heavy atom. The zero-order valence-electron chi connectivity index (χ0n) is 9.77. The number of thiazole rings is 1. The highest BCUT2D eigenvalue weighted by atomic mass is 32.2. The summed E-state index contributed by atoms with van der Waals surface area (Å²) in [6.07, 6.45) is 0.863. The van der Waals surface area contributed by atoms with E-state index in [0.717, 1.165) is 28.3 Å².